The number of nitrogens with two attached hydrogens (primary N) is 1. The minimum atomic E-state index is -2.64. The van der Waals surface area contributed by atoms with E-state index in [1.807, 2.05) is 13.0 Å². The summed E-state index contributed by atoms with van der Waals surface area (Å²) in [5.41, 5.74) is 8.91. The lowest BCUT2D eigenvalue weighted by Gasteiger charge is -2.22. The first-order chi connectivity index (χ1) is 16.7. The molecule has 11 heteroatoms. The number of nitrogens with zero attached hydrogens (tertiary/aromatic N) is 3. The maximum atomic E-state index is 12.9. The highest BCUT2D eigenvalue weighted by atomic mass is 19.3. The first kappa shape index (κ1) is 28.2. The zero-order valence-corrected chi connectivity index (χ0v) is 20.4. The molecule has 0 radical (unpaired) electrons. The maximum absolute atomic E-state index is 12.9. The predicted octanol–water partition coefficient (Wildman–Crippen LogP) is 3.08. The molecule has 1 heterocycles. The van der Waals surface area contributed by atoms with E-state index in [9.17, 15) is 18.7 Å². The number of aliphatic carboxylic acids is 1. The Kier molecular flexibility index (Phi) is 11.1. The fourth-order valence-electron chi connectivity index (χ4n) is 3.99. The number of nitrogens with one attached hydrogen (secondary N) is 1. The van der Waals surface area contributed by atoms with Gasteiger partial charge in [0.05, 0.1) is 20.2 Å². The summed E-state index contributed by atoms with van der Waals surface area (Å²) in [6, 6.07) is 5.34. The van der Waals surface area contributed by atoms with Gasteiger partial charge in [0, 0.05) is 36.9 Å². The first-order valence-corrected chi connectivity index (χ1v) is 11.5. The molecule has 1 atom stereocenters. The molecule has 0 saturated heterocycles. The SMILES string of the molecule is CCCC(CCO)Nc1nc(N)nc(C)c1Cc1ccc(CN(CC(=O)O)CC(F)F)cc1OC. The molecule has 194 valence electrons. The van der Waals surface area contributed by atoms with Gasteiger partial charge < -0.3 is 26.0 Å². The van der Waals surface area contributed by atoms with E-state index in [0.717, 1.165) is 24.0 Å². The van der Waals surface area contributed by atoms with E-state index in [1.54, 1.807) is 12.1 Å². The van der Waals surface area contributed by atoms with Crippen LogP contribution in [0.15, 0.2) is 18.2 Å². The number of carboxylic acids is 1. The highest BCUT2D eigenvalue weighted by Crippen LogP contribution is 2.29. The molecule has 35 heavy (non-hydrogen) atoms. The van der Waals surface area contributed by atoms with Gasteiger partial charge in [0.1, 0.15) is 11.6 Å². The molecule has 1 unspecified atom stereocenters. The Morgan fingerprint density at radius 1 is 1.29 bits per heavy atom. The van der Waals surface area contributed by atoms with Crippen LogP contribution in [0.1, 0.15) is 48.6 Å². The molecule has 0 bridgehead atoms. The van der Waals surface area contributed by atoms with Gasteiger partial charge in [-0.15, -0.1) is 0 Å². The maximum Gasteiger partial charge on any atom is 0.317 e. The van der Waals surface area contributed by atoms with Gasteiger partial charge in [-0.25, -0.2) is 13.8 Å². The summed E-state index contributed by atoms with van der Waals surface area (Å²) in [4.78, 5) is 20.9. The second kappa shape index (κ2) is 13.7. The Morgan fingerprint density at radius 2 is 2.03 bits per heavy atom. The van der Waals surface area contributed by atoms with E-state index >= 15 is 0 Å². The van der Waals surface area contributed by atoms with E-state index in [1.165, 1.54) is 12.0 Å². The molecule has 0 spiro atoms. The first-order valence-electron chi connectivity index (χ1n) is 11.5. The van der Waals surface area contributed by atoms with Gasteiger partial charge in [0.2, 0.25) is 5.95 Å². The number of nitrogen functional groups attached to an aromatic ring is 1. The van der Waals surface area contributed by atoms with E-state index < -0.39 is 25.5 Å². The lowest BCUT2D eigenvalue weighted by atomic mass is 10.0. The topological polar surface area (TPSA) is 134 Å². The Hall–Kier alpha value is -3.05. The molecule has 9 nitrogen and oxygen atoms in total. The largest absolute Gasteiger partial charge is 0.496 e. The second-order valence-corrected chi connectivity index (χ2v) is 8.41. The number of rotatable bonds is 15. The average molecular weight is 496 g/mol. The summed E-state index contributed by atoms with van der Waals surface area (Å²) in [5.74, 6) is 0.110. The fraction of sp³-hybridized carbons (Fsp3) is 0.542. The average Bonchev–Trinajstić information content (AvgIpc) is 2.76. The number of aryl methyl sites for hydroxylation is 1. The molecule has 2 rings (SSSR count). The minimum Gasteiger partial charge on any atom is -0.496 e. The third-order valence-electron chi connectivity index (χ3n) is 5.57. The molecular formula is C24H35F2N5O4. The van der Waals surface area contributed by atoms with Crippen molar-refractivity contribution in [2.45, 2.75) is 58.5 Å². The molecule has 0 fully saturated rings. The third-order valence-corrected chi connectivity index (χ3v) is 5.57. The third kappa shape index (κ3) is 8.91. The number of halogens is 2. The Labute approximate surface area is 204 Å². The molecule has 5 N–H and O–H groups in total. The molecule has 1 aromatic carbocycles. The number of hydrogen-bond donors (Lipinski definition) is 4. The molecular weight excluding hydrogens is 460 g/mol. The van der Waals surface area contributed by atoms with Gasteiger partial charge in [-0.05, 0) is 37.0 Å². The van der Waals surface area contributed by atoms with Crippen LogP contribution in [-0.4, -0.2) is 70.3 Å². The van der Waals surface area contributed by atoms with Crippen LogP contribution in [0.25, 0.3) is 0 Å². The van der Waals surface area contributed by atoms with Crippen LogP contribution in [-0.2, 0) is 17.8 Å². The van der Waals surface area contributed by atoms with Crippen molar-refractivity contribution in [2.75, 3.05) is 37.9 Å². The van der Waals surface area contributed by atoms with Gasteiger partial charge in [-0.1, -0.05) is 25.5 Å². The Balaban J connectivity index is 2.33. The van der Waals surface area contributed by atoms with Gasteiger partial charge in [0.15, 0.2) is 0 Å². The Morgan fingerprint density at radius 3 is 2.63 bits per heavy atom. The number of anilines is 2. The van der Waals surface area contributed by atoms with Crippen molar-refractivity contribution in [2.24, 2.45) is 0 Å². The number of alkyl halides is 2. The Bertz CT molecular complexity index is 971. The quantitative estimate of drug-likeness (QED) is 0.294. The fourth-order valence-corrected chi connectivity index (χ4v) is 3.99. The van der Waals surface area contributed by atoms with Crippen LogP contribution in [0.4, 0.5) is 20.5 Å². The normalized spacial score (nSPS) is 12.2. The number of aliphatic hydroxyl groups is 1. The predicted molar refractivity (Wildman–Crippen MR) is 130 cm³/mol. The summed E-state index contributed by atoms with van der Waals surface area (Å²) in [6.45, 7) is 2.88. The number of aromatic nitrogens is 2. The number of methoxy groups -OCH3 is 1. The van der Waals surface area contributed by atoms with Crippen LogP contribution in [0.5, 0.6) is 5.75 Å². The van der Waals surface area contributed by atoms with Crippen LogP contribution in [0, 0.1) is 6.92 Å². The van der Waals surface area contributed by atoms with Gasteiger partial charge >= 0.3 is 5.97 Å². The van der Waals surface area contributed by atoms with Crippen molar-refractivity contribution in [3.05, 3.63) is 40.6 Å². The van der Waals surface area contributed by atoms with E-state index in [0.29, 0.717) is 35.7 Å². The lowest BCUT2D eigenvalue weighted by molar-refractivity contribution is -0.138. The van der Waals surface area contributed by atoms with Crippen LogP contribution >= 0.6 is 0 Å². The van der Waals surface area contributed by atoms with Crippen molar-refractivity contribution in [3.8, 4) is 5.75 Å². The van der Waals surface area contributed by atoms with Gasteiger partial charge in [0.25, 0.3) is 6.43 Å². The molecule has 0 aliphatic carbocycles. The van der Waals surface area contributed by atoms with Gasteiger partial charge in [-0.2, -0.15) is 4.98 Å². The van der Waals surface area contributed by atoms with Crippen molar-refractivity contribution in [1.29, 1.82) is 0 Å². The van der Waals surface area contributed by atoms with E-state index in [2.05, 4.69) is 22.2 Å². The second-order valence-electron chi connectivity index (χ2n) is 8.41. The van der Waals surface area contributed by atoms with Crippen LogP contribution in [0.3, 0.4) is 0 Å². The van der Waals surface area contributed by atoms with E-state index in [-0.39, 0.29) is 25.1 Å². The molecule has 0 amide bonds. The van der Waals surface area contributed by atoms with Crippen LogP contribution < -0.4 is 15.8 Å². The molecule has 1 aromatic heterocycles. The molecule has 0 aliphatic rings. The molecule has 0 saturated carbocycles. The van der Waals surface area contributed by atoms with Crippen molar-refractivity contribution in [3.63, 3.8) is 0 Å². The summed E-state index contributed by atoms with van der Waals surface area (Å²) in [7, 11) is 1.51. The number of benzene rings is 1. The summed E-state index contributed by atoms with van der Waals surface area (Å²) >= 11 is 0. The van der Waals surface area contributed by atoms with Crippen molar-refractivity contribution in [1.82, 2.24) is 14.9 Å². The lowest BCUT2D eigenvalue weighted by Crippen LogP contribution is -2.33. The highest BCUT2D eigenvalue weighted by Gasteiger charge is 2.19. The van der Waals surface area contributed by atoms with Gasteiger partial charge in [-0.3, -0.25) is 9.69 Å². The smallest absolute Gasteiger partial charge is 0.317 e. The molecule has 2 aromatic rings. The monoisotopic (exact) mass is 495 g/mol. The summed E-state index contributed by atoms with van der Waals surface area (Å²) < 4.78 is 31.3. The summed E-state index contributed by atoms with van der Waals surface area (Å²) in [5, 5.41) is 21.8. The van der Waals surface area contributed by atoms with Crippen molar-refractivity contribution < 1.29 is 28.5 Å². The number of ether oxygens (including phenoxy) is 1. The minimum absolute atomic E-state index is 0.0248. The number of hydrogen-bond acceptors (Lipinski definition) is 8. The van der Waals surface area contributed by atoms with Crippen molar-refractivity contribution >= 4 is 17.7 Å². The van der Waals surface area contributed by atoms with Crippen LogP contribution in [0.2, 0.25) is 0 Å². The number of aliphatic hydroxyl groups excluding tert-OH is 1. The standard InChI is InChI=1S/C24H35F2N5O4/c1-4-5-18(8-9-32)29-23-19(15(2)28-24(27)30-23)11-17-7-6-16(10-20(17)35-3)12-31(13-21(25)26)14-22(33)34/h6-7,10,18,21,32H,4-5,8-9,11-14H2,1-3H3,(H,33,34)(H3,27,28,29,30). The highest BCUT2D eigenvalue weighted by molar-refractivity contribution is 5.69. The number of carboxylic acid groups (broad SMARTS) is 1. The van der Waals surface area contributed by atoms with E-state index in [4.69, 9.17) is 15.6 Å². The molecule has 0 aliphatic heterocycles. The zero-order chi connectivity index (χ0) is 26.0. The number of carbonyl (C=O) groups is 1. The zero-order valence-electron chi connectivity index (χ0n) is 20.4. The summed E-state index contributed by atoms with van der Waals surface area (Å²) in [6.07, 6.45) is 0.141.